The standard InChI is InChI=1S/C14H22N6/c1-10(2)12-8-19(6-5-18(12)4)13-7-14-17-15-9-20(14)11(3)16-13/h7,9-10,12H,5-6,8H2,1-4H3. The highest BCUT2D eigenvalue weighted by molar-refractivity contribution is 5.51. The van der Waals surface area contributed by atoms with Gasteiger partial charge in [-0.3, -0.25) is 9.30 Å². The monoisotopic (exact) mass is 274 g/mol. The van der Waals surface area contributed by atoms with Crippen LogP contribution < -0.4 is 4.90 Å². The second kappa shape index (κ2) is 5.01. The first-order valence-corrected chi connectivity index (χ1v) is 7.19. The molecule has 0 saturated carbocycles. The molecule has 6 heteroatoms. The molecule has 2 aromatic rings. The molecule has 0 bridgehead atoms. The van der Waals surface area contributed by atoms with Crippen molar-refractivity contribution in [3.05, 3.63) is 18.2 Å². The van der Waals surface area contributed by atoms with Crippen LogP contribution >= 0.6 is 0 Å². The molecule has 20 heavy (non-hydrogen) atoms. The Morgan fingerprint density at radius 1 is 1.30 bits per heavy atom. The van der Waals surface area contributed by atoms with Crippen molar-refractivity contribution in [1.29, 1.82) is 0 Å². The highest BCUT2D eigenvalue weighted by Crippen LogP contribution is 2.21. The van der Waals surface area contributed by atoms with Crippen molar-refractivity contribution in [3.63, 3.8) is 0 Å². The number of nitrogens with zero attached hydrogens (tertiary/aromatic N) is 6. The first-order chi connectivity index (χ1) is 9.56. The van der Waals surface area contributed by atoms with Gasteiger partial charge in [0.2, 0.25) is 0 Å². The van der Waals surface area contributed by atoms with E-state index in [0.29, 0.717) is 12.0 Å². The fourth-order valence-corrected chi connectivity index (χ4v) is 2.95. The Bertz CT molecular complexity index is 605. The fourth-order valence-electron chi connectivity index (χ4n) is 2.95. The SMILES string of the molecule is Cc1nc(N2CCN(C)C(C(C)C)C2)cc2nncn12. The van der Waals surface area contributed by atoms with Gasteiger partial charge in [-0.1, -0.05) is 13.8 Å². The zero-order valence-electron chi connectivity index (χ0n) is 12.6. The van der Waals surface area contributed by atoms with Crippen molar-refractivity contribution in [2.75, 3.05) is 31.6 Å². The van der Waals surface area contributed by atoms with Crippen LogP contribution in [0.5, 0.6) is 0 Å². The van der Waals surface area contributed by atoms with E-state index in [4.69, 9.17) is 4.98 Å². The number of hydrogen-bond donors (Lipinski definition) is 0. The van der Waals surface area contributed by atoms with Gasteiger partial charge in [0.1, 0.15) is 18.0 Å². The molecule has 1 saturated heterocycles. The molecule has 0 amide bonds. The average Bonchev–Trinajstić information content (AvgIpc) is 2.87. The van der Waals surface area contributed by atoms with Crippen molar-refractivity contribution in [2.45, 2.75) is 26.8 Å². The van der Waals surface area contributed by atoms with Crippen LogP contribution in [0, 0.1) is 12.8 Å². The van der Waals surface area contributed by atoms with Crippen molar-refractivity contribution in [1.82, 2.24) is 24.5 Å². The minimum absolute atomic E-state index is 0.569. The molecule has 0 spiro atoms. The summed E-state index contributed by atoms with van der Waals surface area (Å²) in [6.45, 7) is 9.66. The Kier molecular flexibility index (Phi) is 3.33. The number of hydrogen-bond acceptors (Lipinski definition) is 5. The maximum absolute atomic E-state index is 4.71. The molecular formula is C14H22N6. The van der Waals surface area contributed by atoms with E-state index in [2.05, 4.69) is 40.9 Å². The predicted molar refractivity (Wildman–Crippen MR) is 79.0 cm³/mol. The number of aromatic nitrogens is 4. The summed E-state index contributed by atoms with van der Waals surface area (Å²) in [5, 5.41) is 8.09. The van der Waals surface area contributed by atoms with Gasteiger partial charge in [-0.2, -0.15) is 0 Å². The second-order valence-electron chi connectivity index (χ2n) is 5.96. The summed E-state index contributed by atoms with van der Waals surface area (Å²) in [7, 11) is 2.21. The Morgan fingerprint density at radius 3 is 2.85 bits per heavy atom. The number of aryl methyl sites for hydroxylation is 1. The van der Waals surface area contributed by atoms with E-state index in [-0.39, 0.29) is 0 Å². The predicted octanol–water partition coefficient (Wildman–Crippen LogP) is 1.21. The van der Waals surface area contributed by atoms with Gasteiger partial charge >= 0.3 is 0 Å². The number of rotatable bonds is 2. The summed E-state index contributed by atoms with van der Waals surface area (Å²) >= 11 is 0. The summed E-state index contributed by atoms with van der Waals surface area (Å²) in [6, 6.07) is 2.60. The van der Waals surface area contributed by atoms with Gasteiger partial charge in [-0.25, -0.2) is 4.98 Å². The van der Waals surface area contributed by atoms with Crippen molar-refractivity contribution >= 4 is 11.5 Å². The normalized spacial score (nSPS) is 21.1. The van der Waals surface area contributed by atoms with E-state index in [9.17, 15) is 0 Å². The molecule has 0 aromatic carbocycles. The van der Waals surface area contributed by atoms with Gasteiger partial charge in [-0.15, -0.1) is 10.2 Å². The minimum atomic E-state index is 0.569. The largest absolute Gasteiger partial charge is 0.354 e. The molecule has 0 aliphatic carbocycles. The average molecular weight is 274 g/mol. The highest BCUT2D eigenvalue weighted by Gasteiger charge is 2.27. The first kappa shape index (κ1) is 13.3. The van der Waals surface area contributed by atoms with Gasteiger partial charge in [0.25, 0.3) is 0 Å². The summed E-state index contributed by atoms with van der Waals surface area (Å²) < 4.78 is 1.92. The lowest BCUT2D eigenvalue weighted by molar-refractivity contribution is 0.173. The Balaban J connectivity index is 1.90. The third-order valence-corrected chi connectivity index (χ3v) is 4.25. The molecule has 6 nitrogen and oxygen atoms in total. The van der Waals surface area contributed by atoms with Gasteiger partial charge in [0.15, 0.2) is 5.65 Å². The van der Waals surface area contributed by atoms with Gasteiger partial charge < -0.3 is 4.90 Å². The lowest BCUT2D eigenvalue weighted by Crippen LogP contribution is -2.53. The Hall–Kier alpha value is -1.69. The molecule has 108 valence electrons. The zero-order chi connectivity index (χ0) is 14.3. The molecule has 1 aliphatic heterocycles. The molecular weight excluding hydrogens is 252 g/mol. The highest BCUT2D eigenvalue weighted by atomic mass is 15.3. The van der Waals surface area contributed by atoms with E-state index < -0.39 is 0 Å². The summed E-state index contributed by atoms with van der Waals surface area (Å²) in [5.74, 6) is 2.59. The summed E-state index contributed by atoms with van der Waals surface area (Å²) in [4.78, 5) is 9.52. The van der Waals surface area contributed by atoms with Crippen LogP contribution in [0.2, 0.25) is 0 Å². The van der Waals surface area contributed by atoms with Crippen LogP contribution in [0.1, 0.15) is 19.7 Å². The van der Waals surface area contributed by atoms with E-state index in [1.54, 1.807) is 6.33 Å². The number of piperazine rings is 1. The molecule has 3 rings (SSSR count). The van der Waals surface area contributed by atoms with E-state index >= 15 is 0 Å². The molecule has 0 radical (unpaired) electrons. The maximum atomic E-state index is 4.71. The van der Waals surface area contributed by atoms with E-state index in [1.165, 1.54) is 0 Å². The van der Waals surface area contributed by atoms with Crippen LogP contribution in [0.25, 0.3) is 5.65 Å². The van der Waals surface area contributed by atoms with Crippen molar-refractivity contribution in [2.24, 2.45) is 5.92 Å². The topological polar surface area (TPSA) is 49.6 Å². The smallest absolute Gasteiger partial charge is 0.165 e. The fraction of sp³-hybridized carbons (Fsp3) is 0.643. The second-order valence-corrected chi connectivity index (χ2v) is 5.96. The third kappa shape index (κ3) is 2.24. The third-order valence-electron chi connectivity index (χ3n) is 4.25. The van der Waals surface area contributed by atoms with Crippen LogP contribution in [0.15, 0.2) is 12.4 Å². The molecule has 2 aromatic heterocycles. The Labute approximate surface area is 119 Å². The minimum Gasteiger partial charge on any atom is -0.354 e. The maximum Gasteiger partial charge on any atom is 0.165 e. The van der Waals surface area contributed by atoms with Crippen molar-refractivity contribution < 1.29 is 0 Å². The van der Waals surface area contributed by atoms with Gasteiger partial charge in [-0.05, 0) is 19.9 Å². The summed E-state index contributed by atoms with van der Waals surface area (Å²) in [6.07, 6.45) is 1.71. The molecule has 1 unspecified atom stereocenters. The first-order valence-electron chi connectivity index (χ1n) is 7.19. The lowest BCUT2D eigenvalue weighted by atomic mass is 10.0. The summed E-state index contributed by atoms with van der Waals surface area (Å²) in [5.41, 5.74) is 0.868. The van der Waals surface area contributed by atoms with Crippen LogP contribution in [-0.4, -0.2) is 57.2 Å². The molecule has 1 atom stereocenters. The van der Waals surface area contributed by atoms with Crippen LogP contribution in [-0.2, 0) is 0 Å². The molecule has 1 fully saturated rings. The lowest BCUT2D eigenvalue weighted by Gasteiger charge is -2.42. The van der Waals surface area contributed by atoms with Crippen LogP contribution in [0.3, 0.4) is 0 Å². The molecule has 3 heterocycles. The van der Waals surface area contributed by atoms with Gasteiger partial charge in [0, 0.05) is 31.7 Å². The number of likely N-dealkylation sites (N-methyl/N-ethyl adjacent to an activating group) is 1. The quantitative estimate of drug-likeness (QED) is 0.824. The molecule has 1 aliphatic rings. The van der Waals surface area contributed by atoms with Crippen LogP contribution in [0.4, 0.5) is 5.82 Å². The van der Waals surface area contributed by atoms with Crippen molar-refractivity contribution in [3.8, 4) is 0 Å². The number of anilines is 1. The Morgan fingerprint density at radius 2 is 2.10 bits per heavy atom. The van der Waals surface area contributed by atoms with Gasteiger partial charge in [0.05, 0.1) is 0 Å². The zero-order valence-corrected chi connectivity index (χ0v) is 12.6. The molecule has 0 N–H and O–H groups in total. The number of fused-ring (bicyclic) bond motifs is 1. The van der Waals surface area contributed by atoms with E-state index in [1.807, 2.05) is 17.4 Å². The van der Waals surface area contributed by atoms with E-state index in [0.717, 1.165) is 36.9 Å².